The van der Waals surface area contributed by atoms with Crippen molar-refractivity contribution in [1.29, 1.82) is 0 Å². The number of aryl methyl sites for hydroxylation is 3. The van der Waals surface area contributed by atoms with E-state index >= 15 is 0 Å². The Balaban J connectivity index is 1.59. The summed E-state index contributed by atoms with van der Waals surface area (Å²) in [5.41, 5.74) is 2.28. The fourth-order valence-electron chi connectivity index (χ4n) is 3.00. The standard InChI is InChI=1S/C17H23N5O2/c1-4-14-16(12(3)24-21-14)17(23)22-9-7-13(8-10-22)18-15-6-5-11(2)19-20-15/h5-6,13H,4,7-10H2,1-3H3,(H,18,20). The zero-order chi connectivity index (χ0) is 17.1. The van der Waals surface area contributed by atoms with Crippen LogP contribution in [0.2, 0.25) is 0 Å². The third-order valence-electron chi connectivity index (χ3n) is 4.41. The minimum absolute atomic E-state index is 0.0270. The van der Waals surface area contributed by atoms with Crippen molar-refractivity contribution >= 4 is 11.7 Å². The number of carbonyl (C=O) groups excluding carboxylic acids is 1. The number of hydrogen-bond donors (Lipinski definition) is 1. The van der Waals surface area contributed by atoms with E-state index in [2.05, 4.69) is 20.7 Å². The van der Waals surface area contributed by atoms with Crippen molar-refractivity contribution in [3.05, 3.63) is 34.8 Å². The molecule has 7 heteroatoms. The van der Waals surface area contributed by atoms with Gasteiger partial charge in [-0.3, -0.25) is 4.79 Å². The second-order valence-electron chi connectivity index (χ2n) is 6.18. The average Bonchev–Trinajstić information content (AvgIpc) is 2.98. The Bertz CT molecular complexity index is 702. The van der Waals surface area contributed by atoms with Crippen LogP contribution in [0.5, 0.6) is 0 Å². The molecule has 7 nitrogen and oxygen atoms in total. The van der Waals surface area contributed by atoms with Crippen molar-refractivity contribution in [2.75, 3.05) is 18.4 Å². The predicted molar refractivity (Wildman–Crippen MR) is 89.9 cm³/mol. The molecule has 1 saturated heterocycles. The molecule has 0 unspecified atom stereocenters. The lowest BCUT2D eigenvalue weighted by Gasteiger charge is -2.32. The van der Waals surface area contributed by atoms with Crippen molar-refractivity contribution < 1.29 is 9.32 Å². The molecular formula is C17H23N5O2. The normalized spacial score (nSPS) is 15.5. The lowest BCUT2D eigenvalue weighted by Crippen LogP contribution is -2.42. The summed E-state index contributed by atoms with van der Waals surface area (Å²) in [6.45, 7) is 7.11. The second kappa shape index (κ2) is 6.98. The lowest BCUT2D eigenvalue weighted by molar-refractivity contribution is 0.0715. The molecule has 1 N–H and O–H groups in total. The number of nitrogens with one attached hydrogen (secondary N) is 1. The molecule has 1 aliphatic heterocycles. The summed E-state index contributed by atoms with van der Waals surface area (Å²) in [4.78, 5) is 14.6. The van der Waals surface area contributed by atoms with Crippen molar-refractivity contribution in [3.63, 3.8) is 0 Å². The van der Waals surface area contributed by atoms with Crippen LogP contribution in [-0.2, 0) is 6.42 Å². The van der Waals surface area contributed by atoms with Gasteiger partial charge in [-0.15, -0.1) is 5.10 Å². The maximum Gasteiger partial charge on any atom is 0.259 e. The van der Waals surface area contributed by atoms with Crippen LogP contribution in [0.4, 0.5) is 5.82 Å². The van der Waals surface area contributed by atoms with Crippen LogP contribution in [-0.4, -0.2) is 45.3 Å². The van der Waals surface area contributed by atoms with Crippen LogP contribution in [0, 0.1) is 13.8 Å². The van der Waals surface area contributed by atoms with E-state index in [0.717, 1.165) is 30.0 Å². The summed E-state index contributed by atoms with van der Waals surface area (Å²) in [5.74, 6) is 1.42. The fraction of sp³-hybridized carbons (Fsp3) is 0.529. The molecule has 1 fully saturated rings. The monoisotopic (exact) mass is 329 g/mol. The molecule has 1 amide bonds. The van der Waals surface area contributed by atoms with Gasteiger partial charge in [-0.05, 0) is 45.2 Å². The van der Waals surface area contributed by atoms with Gasteiger partial charge in [0.15, 0.2) is 0 Å². The van der Waals surface area contributed by atoms with Crippen LogP contribution in [0.25, 0.3) is 0 Å². The third-order valence-corrected chi connectivity index (χ3v) is 4.41. The van der Waals surface area contributed by atoms with E-state index in [1.807, 2.05) is 30.9 Å². The molecule has 0 spiro atoms. The molecule has 2 aromatic rings. The number of aromatic nitrogens is 3. The second-order valence-corrected chi connectivity index (χ2v) is 6.18. The summed E-state index contributed by atoms with van der Waals surface area (Å²) >= 11 is 0. The molecule has 24 heavy (non-hydrogen) atoms. The fourth-order valence-corrected chi connectivity index (χ4v) is 3.00. The van der Waals surface area contributed by atoms with Gasteiger partial charge in [0.25, 0.3) is 5.91 Å². The molecule has 3 heterocycles. The van der Waals surface area contributed by atoms with Gasteiger partial charge < -0.3 is 14.7 Å². The first-order valence-corrected chi connectivity index (χ1v) is 8.39. The molecule has 0 bridgehead atoms. The molecule has 1 aliphatic rings. The van der Waals surface area contributed by atoms with E-state index < -0.39 is 0 Å². The molecule has 3 rings (SSSR count). The van der Waals surface area contributed by atoms with Crippen LogP contribution in [0.15, 0.2) is 16.7 Å². The summed E-state index contributed by atoms with van der Waals surface area (Å²) in [6, 6.07) is 4.18. The van der Waals surface area contributed by atoms with Gasteiger partial charge in [-0.25, -0.2) is 0 Å². The molecule has 0 saturated carbocycles. The Kier molecular flexibility index (Phi) is 4.78. The smallest absolute Gasteiger partial charge is 0.259 e. The van der Waals surface area contributed by atoms with Crippen LogP contribution in [0.1, 0.15) is 47.3 Å². The minimum atomic E-state index is 0.0270. The number of anilines is 1. The van der Waals surface area contributed by atoms with Crippen molar-refractivity contribution in [2.45, 2.75) is 46.1 Å². The Labute approximate surface area is 141 Å². The maximum absolute atomic E-state index is 12.7. The number of hydrogen-bond acceptors (Lipinski definition) is 6. The summed E-state index contributed by atoms with van der Waals surface area (Å²) in [5, 5.41) is 15.6. The molecule has 0 aromatic carbocycles. The first kappa shape index (κ1) is 16.4. The lowest BCUT2D eigenvalue weighted by atomic mass is 10.0. The zero-order valence-corrected chi connectivity index (χ0v) is 14.4. The van der Waals surface area contributed by atoms with Crippen molar-refractivity contribution in [1.82, 2.24) is 20.3 Å². The van der Waals surface area contributed by atoms with Crippen molar-refractivity contribution in [2.24, 2.45) is 0 Å². The van der Waals surface area contributed by atoms with Crippen LogP contribution in [0.3, 0.4) is 0 Å². The van der Waals surface area contributed by atoms with Gasteiger partial charge in [-0.2, -0.15) is 5.10 Å². The topological polar surface area (TPSA) is 84.2 Å². The highest BCUT2D eigenvalue weighted by molar-refractivity contribution is 5.96. The molecule has 0 atom stereocenters. The molecule has 0 radical (unpaired) electrons. The Morgan fingerprint density at radius 1 is 1.29 bits per heavy atom. The minimum Gasteiger partial charge on any atom is -0.366 e. The molecule has 2 aromatic heterocycles. The third kappa shape index (κ3) is 3.39. The first-order valence-electron chi connectivity index (χ1n) is 8.39. The largest absolute Gasteiger partial charge is 0.366 e. The Morgan fingerprint density at radius 3 is 2.67 bits per heavy atom. The van der Waals surface area contributed by atoms with E-state index in [0.29, 0.717) is 36.9 Å². The highest BCUT2D eigenvalue weighted by Gasteiger charge is 2.28. The summed E-state index contributed by atoms with van der Waals surface area (Å²) in [6.07, 6.45) is 2.46. The van der Waals surface area contributed by atoms with Gasteiger partial charge in [0.05, 0.1) is 11.4 Å². The van der Waals surface area contributed by atoms with Gasteiger partial charge in [-0.1, -0.05) is 12.1 Å². The number of likely N-dealkylation sites (tertiary alicyclic amines) is 1. The van der Waals surface area contributed by atoms with Crippen LogP contribution < -0.4 is 5.32 Å². The predicted octanol–water partition coefficient (Wildman–Crippen LogP) is 2.36. The number of rotatable bonds is 4. The molecular weight excluding hydrogens is 306 g/mol. The summed E-state index contributed by atoms with van der Waals surface area (Å²) in [7, 11) is 0. The van der Waals surface area contributed by atoms with E-state index in [-0.39, 0.29) is 5.91 Å². The van der Waals surface area contributed by atoms with Gasteiger partial charge in [0.2, 0.25) is 0 Å². The van der Waals surface area contributed by atoms with Crippen LogP contribution >= 0.6 is 0 Å². The highest BCUT2D eigenvalue weighted by Crippen LogP contribution is 2.21. The SMILES string of the molecule is CCc1noc(C)c1C(=O)N1CCC(Nc2ccc(C)nn2)CC1. The van der Waals surface area contributed by atoms with E-state index in [1.165, 1.54) is 0 Å². The highest BCUT2D eigenvalue weighted by atomic mass is 16.5. The van der Waals surface area contributed by atoms with Gasteiger partial charge in [0.1, 0.15) is 17.1 Å². The van der Waals surface area contributed by atoms with E-state index in [9.17, 15) is 4.79 Å². The quantitative estimate of drug-likeness (QED) is 0.927. The Hall–Kier alpha value is -2.44. The number of nitrogens with zero attached hydrogens (tertiary/aromatic N) is 4. The first-order chi connectivity index (χ1) is 11.6. The molecule has 128 valence electrons. The van der Waals surface area contributed by atoms with E-state index in [1.54, 1.807) is 6.92 Å². The maximum atomic E-state index is 12.7. The van der Waals surface area contributed by atoms with Gasteiger partial charge in [0, 0.05) is 19.1 Å². The molecule has 0 aliphatic carbocycles. The zero-order valence-electron chi connectivity index (χ0n) is 14.4. The number of carbonyl (C=O) groups is 1. The number of piperidine rings is 1. The summed E-state index contributed by atoms with van der Waals surface area (Å²) < 4.78 is 5.18. The van der Waals surface area contributed by atoms with Crippen molar-refractivity contribution in [3.8, 4) is 0 Å². The van der Waals surface area contributed by atoms with E-state index in [4.69, 9.17) is 4.52 Å². The number of amides is 1. The average molecular weight is 329 g/mol. The Morgan fingerprint density at radius 2 is 2.04 bits per heavy atom. The van der Waals surface area contributed by atoms with Gasteiger partial charge >= 0.3 is 0 Å².